The second-order valence-corrected chi connectivity index (χ2v) is 28.6. The van der Waals surface area contributed by atoms with Crippen molar-refractivity contribution in [3.05, 3.63) is 260 Å². The highest BCUT2D eigenvalue weighted by Gasteiger charge is 2.22. The van der Waals surface area contributed by atoms with E-state index in [9.17, 15) is 0 Å². The first-order chi connectivity index (χ1) is 64.7. The molecule has 0 fully saturated rings. The number of para-hydroxylation sites is 7. The van der Waals surface area contributed by atoms with Gasteiger partial charge in [0.1, 0.15) is 83.9 Å². The molecule has 0 aliphatic heterocycles. The highest BCUT2D eigenvalue weighted by Crippen LogP contribution is 2.42. The Hall–Kier alpha value is -13.7. The fourth-order valence-corrected chi connectivity index (χ4v) is 12.7. The van der Waals surface area contributed by atoms with Gasteiger partial charge in [-0.05, 0) is 123 Å². The van der Waals surface area contributed by atoms with Crippen LogP contribution < -0.4 is 33.2 Å². The van der Waals surface area contributed by atoms with E-state index in [4.69, 9.17) is 33.2 Å². The Morgan fingerprint density at radius 3 is 0.835 bits per heavy atom. The maximum atomic E-state index is 5.54. The van der Waals surface area contributed by atoms with Crippen molar-refractivity contribution in [2.24, 2.45) is 0 Å². The monoisotopic (exact) mass is 1810 g/mol. The van der Waals surface area contributed by atoms with E-state index in [-0.39, 0.29) is 0 Å². The van der Waals surface area contributed by atoms with Crippen LogP contribution in [0.2, 0.25) is 0 Å². The van der Waals surface area contributed by atoms with Crippen LogP contribution in [0, 0.1) is 0 Å². The minimum Gasteiger partial charge on any atom is -0.496 e. The molecule has 0 bridgehead atoms. The molecule has 133 heavy (non-hydrogen) atoms. The van der Waals surface area contributed by atoms with Crippen LogP contribution in [0.3, 0.4) is 0 Å². The number of aromatic nitrogens is 20. The number of rotatable bonds is 21. The van der Waals surface area contributed by atoms with Crippen LogP contribution in [-0.2, 0) is 0 Å². The topological polar surface area (TPSA) is 322 Å². The predicted molar refractivity (Wildman–Crippen MR) is 543 cm³/mol. The molecular formula is C106H148N20O7. The van der Waals surface area contributed by atoms with E-state index in [0.717, 1.165) is 124 Å². The zero-order valence-electron chi connectivity index (χ0n) is 85.6. The lowest BCUT2D eigenvalue weighted by Crippen LogP contribution is -2.00. The molecule has 714 valence electrons. The molecule has 0 aliphatic rings. The molecule has 7 aromatic heterocycles. The van der Waals surface area contributed by atoms with Gasteiger partial charge in [-0.15, -0.1) is 40.8 Å². The van der Waals surface area contributed by atoms with Crippen LogP contribution in [0.5, 0.6) is 40.2 Å². The summed E-state index contributed by atoms with van der Waals surface area (Å²) in [5, 5.41) is 38.6. The Morgan fingerprint density at radius 2 is 0.504 bits per heavy atom. The van der Waals surface area contributed by atoms with Gasteiger partial charge in [0.25, 0.3) is 0 Å². The van der Waals surface area contributed by atoms with Gasteiger partial charge in [-0.3, -0.25) is 0 Å². The van der Waals surface area contributed by atoms with Crippen molar-refractivity contribution in [2.75, 3.05) is 49.8 Å². The van der Waals surface area contributed by atoms with Crippen LogP contribution in [0.4, 0.5) is 0 Å². The predicted octanol–water partition coefficient (Wildman–Crippen LogP) is 26.5. The summed E-state index contributed by atoms with van der Waals surface area (Å²) in [5.74, 6) is 10.5. The average molecular weight is 1810 g/mol. The third kappa shape index (κ3) is 36.2. The Morgan fingerprint density at radius 1 is 0.195 bits per heavy atom. The summed E-state index contributed by atoms with van der Waals surface area (Å²) >= 11 is 0. The first kappa shape index (κ1) is 117. The standard InChI is InChI=1S/2C14H16N2O.4C13H15N3O.C12H14N4O.7C2H6/c1-10(2)12-5-4-6-13(14(12)17-3)11-7-15-9-16-8-11;1-10(2)11-5-4-6-12(14(11)17-3)13-7-8-15-9-16-13;1-9(2)10-5-4-6-11(12(10)17-3)13-15-7-14-8-16-13;1-9(2)10-5-4-6-11(13(10)17-3)12-7-15-16-8-14-12;1-9(2)10-5-4-6-11(13(10)17-3)12-7-14-8-15-16-12;1-9(2)10-5-4-6-11(12(10)17-3)13-14-7-8-15-16-13;1-8(2)9-5-4-6-10(11(9)17-3)12-15-13-7-14-16-12;7*1-2/h2*4-10H,1-3H3;4*4-9H,1-3H3;4-8H,1-3H3;7*1-2H3. The van der Waals surface area contributed by atoms with E-state index in [1.165, 1.54) is 54.7 Å². The third-order valence-corrected chi connectivity index (χ3v) is 18.5. The molecular weight excluding hydrogens is 1670 g/mol. The van der Waals surface area contributed by atoms with Crippen molar-refractivity contribution in [3.63, 3.8) is 0 Å². The van der Waals surface area contributed by atoms with Crippen LogP contribution in [0.1, 0.15) is 274 Å². The largest absolute Gasteiger partial charge is 0.496 e. The summed E-state index contributed by atoms with van der Waals surface area (Å²) in [6.45, 7) is 57.9. The Kier molecular flexibility index (Phi) is 60.3. The van der Waals surface area contributed by atoms with Gasteiger partial charge in [0.05, 0.1) is 96.4 Å². The minimum absolute atomic E-state index is 0.370. The molecule has 14 rings (SSSR count). The number of hydrogen-bond donors (Lipinski definition) is 0. The number of hydrogen-bond acceptors (Lipinski definition) is 27. The van der Waals surface area contributed by atoms with Gasteiger partial charge in [-0.1, -0.05) is 285 Å². The highest BCUT2D eigenvalue weighted by atomic mass is 16.5. The highest BCUT2D eigenvalue weighted by molar-refractivity contribution is 5.74. The minimum atomic E-state index is 0.370. The average Bonchev–Trinajstić information content (AvgIpc) is 0.853. The van der Waals surface area contributed by atoms with Gasteiger partial charge < -0.3 is 33.2 Å². The number of methoxy groups -OCH3 is 7. The first-order valence-electron chi connectivity index (χ1n) is 45.9. The van der Waals surface area contributed by atoms with Gasteiger partial charge in [-0.25, -0.2) is 49.8 Å². The lowest BCUT2D eigenvalue weighted by Gasteiger charge is -2.15. The summed E-state index contributed by atoms with van der Waals surface area (Å²) < 4.78 is 38.5. The molecule has 0 radical (unpaired) electrons. The summed E-state index contributed by atoms with van der Waals surface area (Å²) in [6, 6.07) is 44.2. The second kappa shape index (κ2) is 68.4. The van der Waals surface area contributed by atoms with Crippen molar-refractivity contribution in [3.8, 4) is 119 Å². The van der Waals surface area contributed by atoms with E-state index >= 15 is 0 Å². The van der Waals surface area contributed by atoms with E-state index in [1.807, 2.05) is 194 Å². The number of benzene rings is 7. The summed E-state index contributed by atoms with van der Waals surface area (Å²) in [7, 11) is 11.7. The molecule has 27 nitrogen and oxygen atoms in total. The first-order valence-corrected chi connectivity index (χ1v) is 45.9. The van der Waals surface area contributed by atoms with E-state index in [0.29, 0.717) is 58.9 Å². The van der Waals surface area contributed by atoms with Gasteiger partial charge in [0.2, 0.25) is 5.82 Å². The molecule has 7 aromatic carbocycles. The van der Waals surface area contributed by atoms with Crippen LogP contribution in [0.15, 0.2) is 221 Å². The maximum Gasteiger partial charge on any atom is 0.207 e. The maximum absolute atomic E-state index is 5.54. The van der Waals surface area contributed by atoms with E-state index < -0.39 is 0 Å². The lowest BCUT2D eigenvalue weighted by molar-refractivity contribution is 0.408. The van der Waals surface area contributed by atoms with Crippen molar-refractivity contribution < 1.29 is 33.2 Å². The molecule has 7 heterocycles. The Labute approximate surface area is 794 Å². The van der Waals surface area contributed by atoms with Gasteiger partial charge in [0, 0.05) is 52.6 Å². The van der Waals surface area contributed by atoms with E-state index in [1.54, 1.807) is 99.5 Å². The zero-order chi connectivity index (χ0) is 99.8. The molecule has 27 heteroatoms. The van der Waals surface area contributed by atoms with E-state index in [2.05, 4.69) is 234 Å². The Bertz CT molecular complexity index is 4420. The van der Waals surface area contributed by atoms with Crippen molar-refractivity contribution in [1.29, 1.82) is 0 Å². The summed E-state index contributed by atoms with van der Waals surface area (Å²) in [6.07, 6.45) is 22.1. The van der Waals surface area contributed by atoms with Crippen molar-refractivity contribution in [1.82, 2.24) is 101 Å². The van der Waals surface area contributed by atoms with Crippen molar-refractivity contribution >= 4 is 0 Å². The fraction of sp³-hybridized carbons (Fsp3) is 0.396. The van der Waals surface area contributed by atoms with Crippen molar-refractivity contribution in [2.45, 2.75) is 235 Å². The lowest BCUT2D eigenvalue weighted by atomic mass is 9.97. The number of ether oxygens (including phenoxy) is 7. The van der Waals surface area contributed by atoms with Gasteiger partial charge in [-0.2, -0.15) is 10.2 Å². The number of nitrogens with zero attached hydrogens (tertiary/aromatic N) is 20. The van der Waals surface area contributed by atoms with Crippen LogP contribution >= 0.6 is 0 Å². The molecule has 0 amide bonds. The van der Waals surface area contributed by atoms with Gasteiger partial charge >= 0.3 is 0 Å². The molecule has 14 aromatic rings. The quantitative estimate of drug-likeness (QED) is 0.0645. The van der Waals surface area contributed by atoms with Crippen LogP contribution in [-0.4, -0.2) is 151 Å². The molecule has 0 unspecified atom stereocenters. The smallest absolute Gasteiger partial charge is 0.207 e. The van der Waals surface area contributed by atoms with Gasteiger partial charge in [0.15, 0.2) is 18.0 Å². The Balaban J connectivity index is 0.000000758. The molecule has 0 aliphatic carbocycles. The van der Waals surface area contributed by atoms with Crippen LogP contribution in [0.25, 0.3) is 79.1 Å². The normalized spacial score (nSPS) is 9.79. The summed E-state index contributed by atoms with van der Waals surface area (Å²) in [4.78, 5) is 40.8. The molecule has 0 saturated carbocycles. The molecule has 0 N–H and O–H groups in total. The SMILES string of the molecule is CC.CC.CC.CC.CC.CC.CC.COc1c(-c2ccncn2)cccc1C(C)C.COc1c(-c2cncnc2)cccc1C(C)C.COc1c(-c2cncnn2)cccc1C(C)C.COc1c(-c2cnncn2)cccc1C(C)C.COc1c(-c2nccnn2)cccc1C(C)C.COc1c(-c2ncncn2)cccc1C(C)C.COc1c(-c2nncnn2)cccc1C(C)C. The molecule has 0 atom stereocenters. The molecule has 0 saturated heterocycles. The summed E-state index contributed by atoms with van der Waals surface area (Å²) in [5.41, 5.74) is 18.1. The second-order valence-electron chi connectivity index (χ2n) is 28.6. The zero-order valence-corrected chi connectivity index (χ0v) is 85.6. The fourth-order valence-electron chi connectivity index (χ4n) is 12.7. The third-order valence-electron chi connectivity index (χ3n) is 18.5. The molecule has 0 spiro atoms.